The molecule has 3 aliphatic heterocycles. The van der Waals surface area contributed by atoms with Gasteiger partial charge in [-0.05, 0) is 42.2 Å². The van der Waals surface area contributed by atoms with Crippen LogP contribution in [-0.4, -0.2) is 45.4 Å². The van der Waals surface area contributed by atoms with Crippen LogP contribution < -0.4 is 16.2 Å². The molecule has 0 radical (unpaired) electrons. The van der Waals surface area contributed by atoms with Crippen molar-refractivity contribution >= 4 is 11.7 Å². The summed E-state index contributed by atoms with van der Waals surface area (Å²) in [4.78, 5) is 18.5. The zero-order chi connectivity index (χ0) is 21.9. The van der Waals surface area contributed by atoms with Gasteiger partial charge in [-0.2, -0.15) is 5.10 Å². The van der Waals surface area contributed by atoms with Gasteiger partial charge < -0.3 is 15.2 Å². The maximum atomic E-state index is 13.3. The first kappa shape index (κ1) is 20.4. The molecule has 1 amide bonds. The van der Waals surface area contributed by atoms with E-state index in [2.05, 4.69) is 36.2 Å². The fourth-order valence-electron chi connectivity index (χ4n) is 4.43. The van der Waals surface area contributed by atoms with E-state index in [9.17, 15) is 9.18 Å². The third-order valence-corrected chi connectivity index (χ3v) is 6.12. The van der Waals surface area contributed by atoms with Crippen molar-refractivity contribution in [2.24, 2.45) is 5.10 Å². The summed E-state index contributed by atoms with van der Waals surface area (Å²) in [5.74, 6) is 0.646. The average Bonchev–Trinajstić information content (AvgIpc) is 3.43. The minimum atomic E-state index is -0.229. The number of nitrogens with one attached hydrogen (secondary N) is 3. The number of amidine groups is 1. The summed E-state index contributed by atoms with van der Waals surface area (Å²) in [7, 11) is 0. The Morgan fingerprint density at radius 2 is 2.06 bits per heavy atom. The van der Waals surface area contributed by atoms with Crippen LogP contribution in [0.5, 0.6) is 0 Å². The number of hydrazone groups is 1. The largest absolute Gasteiger partial charge is 0.356 e. The second kappa shape index (κ2) is 8.96. The molecule has 32 heavy (non-hydrogen) atoms. The summed E-state index contributed by atoms with van der Waals surface area (Å²) >= 11 is 0. The summed E-state index contributed by atoms with van der Waals surface area (Å²) < 4.78 is 13.3. The second-order valence-corrected chi connectivity index (χ2v) is 8.21. The molecule has 3 unspecified atom stereocenters. The number of rotatable bonds is 7. The van der Waals surface area contributed by atoms with Gasteiger partial charge in [0.05, 0.1) is 12.1 Å². The maximum absolute atomic E-state index is 13.3. The van der Waals surface area contributed by atoms with Gasteiger partial charge in [0.15, 0.2) is 0 Å². The number of carbonyl (C=O) groups is 1. The van der Waals surface area contributed by atoms with Gasteiger partial charge in [-0.3, -0.25) is 15.2 Å². The van der Waals surface area contributed by atoms with Crippen LogP contribution in [0.15, 0.2) is 66.3 Å². The number of aromatic nitrogens is 1. The lowest BCUT2D eigenvalue weighted by Gasteiger charge is -2.37. The lowest BCUT2D eigenvalue weighted by atomic mass is 9.99. The Balaban J connectivity index is 1.11. The SMILES string of the molecule is O=C(CCC1=NNC2C3CC(c4ccc(F)cc4)NN3C=CN12)NCCc1cccnc1. The lowest BCUT2D eigenvalue weighted by molar-refractivity contribution is -0.120. The topological polar surface area (TPSA) is 84.9 Å². The van der Waals surface area contributed by atoms with Gasteiger partial charge in [-0.1, -0.05) is 18.2 Å². The van der Waals surface area contributed by atoms with Gasteiger partial charge in [-0.25, -0.2) is 9.82 Å². The Morgan fingerprint density at radius 3 is 2.88 bits per heavy atom. The molecule has 3 atom stereocenters. The number of fused-ring (bicyclic) bond motifs is 3. The predicted molar refractivity (Wildman–Crippen MR) is 118 cm³/mol. The fraction of sp³-hybridized carbons (Fsp3) is 0.348. The third kappa shape index (κ3) is 4.29. The van der Waals surface area contributed by atoms with Crippen molar-refractivity contribution in [3.63, 3.8) is 0 Å². The monoisotopic (exact) mass is 435 g/mol. The number of nitrogens with zero attached hydrogens (tertiary/aromatic N) is 4. The normalized spacial score (nSPS) is 23.4. The van der Waals surface area contributed by atoms with E-state index in [1.165, 1.54) is 12.1 Å². The third-order valence-electron chi connectivity index (χ3n) is 6.12. The molecule has 1 saturated heterocycles. The van der Waals surface area contributed by atoms with Crippen molar-refractivity contribution in [3.8, 4) is 0 Å². The number of carbonyl (C=O) groups excluding carboxylic acids is 1. The predicted octanol–water partition coefficient (Wildman–Crippen LogP) is 2.01. The van der Waals surface area contributed by atoms with Crippen molar-refractivity contribution in [1.82, 2.24) is 31.1 Å². The summed E-state index contributed by atoms with van der Waals surface area (Å²) in [5.41, 5.74) is 8.87. The standard InChI is InChI=1S/C23H26FN7O/c24-18-5-3-17(4-6-18)19-14-20-23-28-27-21(30(23)12-13-31(20)29-19)7-8-22(32)26-11-9-16-2-1-10-25-15-16/h1-6,10,12-13,15,19-20,23,28-29H,7-9,11,14H2,(H,26,32). The number of amides is 1. The molecule has 166 valence electrons. The Labute approximate surface area is 186 Å². The summed E-state index contributed by atoms with van der Waals surface area (Å²) in [6.07, 6.45) is 10.1. The van der Waals surface area contributed by atoms with E-state index < -0.39 is 0 Å². The molecule has 8 nitrogen and oxygen atoms in total. The van der Waals surface area contributed by atoms with Gasteiger partial charge in [0, 0.05) is 44.2 Å². The Kier molecular flexibility index (Phi) is 5.72. The number of hydrogen-bond acceptors (Lipinski definition) is 7. The van der Waals surface area contributed by atoms with Gasteiger partial charge in [0.2, 0.25) is 5.91 Å². The van der Waals surface area contributed by atoms with Crippen LogP contribution in [0.25, 0.3) is 0 Å². The first-order valence-corrected chi connectivity index (χ1v) is 10.9. The molecular weight excluding hydrogens is 409 g/mol. The molecule has 9 heteroatoms. The minimum absolute atomic E-state index is 0.00147. The molecule has 1 aromatic carbocycles. The fourth-order valence-corrected chi connectivity index (χ4v) is 4.43. The highest BCUT2D eigenvalue weighted by Crippen LogP contribution is 2.34. The van der Waals surface area contributed by atoms with Crippen LogP contribution in [0.4, 0.5) is 4.39 Å². The van der Waals surface area contributed by atoms with Crippen LogP contribution in [0.3, 0.4) is 0 Å². The highest BCUT2D eigenvalue weighted by molar-refractivity contribution is 5.89. The van der Waals surface area contributed by atoms with Gasteiger partial charge in [0.1, 0.15) is 17.8 Å². The van der Waals surface area contributed by atoms with E-state index in [-0.39, 0.29) is 30.0 Å². The molecule has 5 rings (SSSR count). The Bertz CT molecular complexity index is 1010. The van der Waals surface area contributed by atoms with Crippen molar-refractivity contribution in [1.29, 1.82) is 0 Å². The first-order chi connectivity index (χ1) is 15.7. The van der Waals surface area contributed by atoms with E-state index in [0.717, 1.165) is 29.8 Å². The van der Waals surface area contributed by atoms with Crippen molar-refractivity contribution < 1.29 is 9.18 Å². The maximum Gasteiger partial charge on any atom is 0.220 e. The highest BCUT2D eigenvalue weighted by atomic mass is 19.1. The number of pyridine rings is 1. The van der Waals surface area contributed by atoms with Crippen molar-refractivity contribution in [3.05, 3.63) is 78.1 Å². The van der Waals surface area contributed by atoms with Crippen LogP contribution in [0, 0.1) is 5.82 Å². The molecule has 3 aliphatic rings. The van der Waals surface area contributed by atoms with Crippen molar-refractivity contribution in [2.75, 3.05) is 6.54 Å². The smallest absolute Gasteiger partial charge is 0.220 e. The molecule has 0 saturated carbocycles. The van der Waals surface area contributed by atoms with Crippen LogP contribution in [0.1, 0.15) is 36.4 Å². The zero-order valence-corrected chi connectivity index (χ0v) is 17.6. The summed E-state index contributed by atoms with van der Waals surface area (Å²) in [5, 5.41) is 9.56. The molecule has 1 fully saturated rings. The van der Waals surface area contributed by atoms with Gasteiger partial charge >= 0.3 is 0 Å². The highest BCUT2D eigenvalue weighted by Gasteiger charge is 2.44. The Hall–Kier alpha value is -3.46. The average molecular weight is 436 g/mol. The van der Waals surface area contributed by atoms with Crippen LogP contribution >= 0.6 is 0 Å². The number of halogens is 1. The molecule has 0 aliphatic carbocycles. The van der Waals surface area contributed by atoms with E-state index in [1.807, 2.05) is 42.9 Å². The van der Waals surface area contributed by atoms with Gasteiger partial charge in [-0.15, -0.1) is 0 Å². The molecule has 0 bridgehead atoms. The van der Waals surface area contributed by atoms with E-state index in [4.69, 9.17) is 0 Å². The lowest BCUT2D eigenvalue weighted by Crippen LogP contribution is -2.54. The van der Waals surface area contributed by atoms with E-state index in [0.29, 0.717) is 19.4 Å². The van der Waals surface area contributed by atoms with Crippen LogP contribution in [-0.2, 0) is 11.2 Å². The molecule has 4 heterocycles. The minimum Gasteiger partial charge on any atom is -0.356 e. The molecule has 1 aromatic heterocycles. The van der Waals surface area contributed by atoms with Gasteiger partial charge in [0.25, 0.3) is 0 Å². The summed E-state index contributed by atoms with van der Waals surface area (Å²) in [6, 6.07) is 10.8. The molecule has 0 spiro atoms. The molecule has 3 N–H and O–H groups in total. The Morgan fingerprint density at radius 1 is 1.19 bits per heavy atom. The van der Waals surface area contributed by atoms with E-state index in [1.54, 1.807) is 6.20 Å². The second-order valence-electron chi connectivity index (χ2n) is 8.21. The number of hydrazine groups is 1. The first-order valence-electron chi connectivity index (χ1n) is 10.9. The van der Waals surface area contributed by atoms with E-state index >= 15 is 0 Å². The zero-order valence-electron chi connectivity index (χ0n) is 17.6. The van der Waals surface area contributed by atoms with Crippen LogP contribution in [0.2, 0.25) is 0 Å². The summed E-state index contributed by atoms with van der Waals surface area (Å²) in [6.45, 7) is 0.592. The molecule has 2 aromatic rings. The number of benzene rings is 1. The van der Waals surface area contributed by atoms with Crippen molar-refractivity contribution in [2.45, 2.75) is 43.9 Å². The molecular formula is C23H26FN7O. The quantitative estimate of drug-likeness (QED) is 0.617. The number of hydrogen-bond donors (Lipinski definition) is 3.